The maximum absolute atomic E-state index is 12.9. The first-order valence-electron chi connectivity index (χ1n) is 11.4. The molecule has 2 heterocycles. The largest absolute Gasteiger partial charge is 0.446 e. The molecular weight excluding hydrogens is 414 g/mol. The minimum atomic E-state index is -0.500. The number of nitrogens with one attached hydrogen (secondary N) is 1. The van der Waals surface area contributed by atoms with Gasteiger partial charge in [0.05, 0.1) is 11.1 Å². The Morgan fingerprint density at radius 3 is 2.77 bits per heavy atom. The topological polar surface area (TPSA) is 74.7 Å². The van der Waals surface area contributed by atoms with Gasteiger partial charge >= 0.3 is 6.09 Å². The summed E-state index contributed by atoms with van der Waals surface area (Å²) in [4.78, 5) is 19.4. The summed E-state index contributed by atoms with van der Waals surface area (Å²) in [5, 5.41) is 15.9. The van der Waals surface area contributed by atoms with Gasteiger partial charge in [-0.3, -0.25) is 0 Å². The van der Waals surface area contributed by atoms with Crippen molar-refractivity contribution in [2.45, 2.75) is 56.3 Å². The highest BCUT2D eigenvalue weighted by atomic mass is 35.5. The van der Waals surface area contributed by atoms with Crippen LogP contribution in [0.25, 0.3) is 10.9 Å². The number of amides is 1. The van der Waals surface area contributed by atoms with Crippen molar-refractivity contribution in [3.8, 4) is 0 Å². The molecule has 5 unspecified atom stereocenters. The van der Waals surface area contributed by atoms with Crippen LogP contribution in [0.2, 0.25) is 5.02 Å². The van der Waals surface area contributed by atoms with Crippen molar-refractivity contribution < 1.29 is 14.6 Å². The number of carbonyl (C=O) groups is 1. The lowest BCUT2D eigenvalue weighted by atomic mass is 9.53. The van der Waals surface area contributed by atoms with E-state index in [1.807, 2.05) is 35.2 Å². The fraction of sp³-hybridized carbons (Fsp3) is 0.583. The maximum atomic E-state index is 12.9. The average molecular weight is 442 g/mol. The molecule has 5 fully saturated rings. The van der Waals surface area contributed by atoms with Gasteiger partial charge in [-0.25, -0.2) is 9.78 Å². The van der Waals surface area contributed by atoms with Crippen LogP contribution in [0.4, 0.5) is 10.6 Å². The van der Waals surface area contributed by atoms with Crippen LogP contribution in [-0.4, -0.2) is 51.9 Å². The Hall–Kier alpha value is -2.05. The van der Waals surface area contributed by atoms with Crippen LogP contribution >= 0.6 is 11.6 Å². The third-order valence-corrected chi connectivity index (χ3v) is 8.08. The Morgan fingerprint density at radius 1 is 1.19 bits per heavy atom. The summed E-state index contributed by atoms with van der Waals surface area (Å²) >= 11 is 6.05. The van der Waals surface area contributed by atoms with Gasteiger partial charge < -0.3 is 20.1 Å². The van der Waals surface area contributed by atoms with Crippen LogP contribution in [0.3, 0.4) is 0 Å². The SMILES string of the molecule is O=C(OC1C2CC3C[C@@H]1CC(O)(C3)C2)N1CCC(Nc2ccc3cc(Cl)ccc3n2)C1. The van der Waals surface area contributed by atoms with Crippen LogP contribution in [0.1, 0.15) is 38.5 Å². The van der Waals surface area contributed by atoms with Crippen LogP contribution < -0.4 is 5.32 Å². The number of aromatic nitrogens is 1. The molecule has 1 amide bonds. The number of carbonyl (C=O) groups excluding carboxylic acids is 1. The van der Waals surface area contributed by atoms with Crippen LogP contribution in [0.5, 0.6) is 0 Å². The van der Waals surface area contributed by atoms with E-state index >= 15 is 0 Å². The van der Waals surface area contributed by atoms with Crippen LogP contribution in [-0.2, 0) is 4.74 Å². The first-order valence-corrected chi connectivity index (χ1v) is 11.8. The van der Waals surface area contributed by atoms with Crippen molar-refractivity contribution >= 4 is 34.4 Å². The second kappa shape index (κ2) is 7.24. The van der Waals surface area contributed by atoms with Gasteiger partial charge in [-0.15, -0.1) is 0 Å². The van der Waals surface area contributed by atoms with Crippen molar-refractivity contribution in [1.29, 1.82) is 0 Å². The highest BCUT2D eigenvalue weighted by Crippen LogP contribution is 2.56. The molecule has 2 N–H and O–H groups in total. The fourth-order valence-electron chi connectivity index (χ4n) is 6.75. The number of rotatable bonds is 3. The number of nitrogens with zero attached hydrogens (tertiary/aromatic N) is 2. The normalized spacial score (nSPS) is 36.2. The highest BCUT2D eigenvalue weighted by Gasteiger charge is 2.56. The maximum Gasteiger partial charge on any atom is 0.410 e. The summed E-state index contributed by atoms with van der Waals surface area (Å²) in [6.45, 7) is 1.31. The predicted molar refractivity (Wildman–Crippen MR) is 119 cm³/mol. The monoisotopic (exact) mass is 441 g/mol. The lowest BCUT2D eigenvalue weighted by molar-refractivity contribution is -0.177. The summed E-state index contributed by atoms with van der Waals surface area (Å²) in [5.41, 5.74) is 0.396. The van der Waals surface area contributed by atoms with E-state index in [0.29, 0.717) is 35.9 Å². The third kappa shape index (κ3) is 3.64. The molecule has 1 aromatic heterocycles. The average Bonchev–Trinajstić information content (AvgIpc) is 3.18. The zero-order valence-electron chi connectivity index (χ0n) is 17.5. The molecule has 5 aliphatic rings. The molecule has 2 aromatic rings. The van der Waals surface area contributed by atoms with Gasteiger partial charge in [0.2, 0.25) is 0 Å². The summed E-state index contributed by atoms with van der Waals surface area (Å²) in [6.07, 6.45) is 5.37. The van der Waals surface area contributed by atoms with Gasteiger partial charge in [-0.05, 0) is 86.6 Å². The molecule has 1 aliphatic heterocycles. The smallest absolute Gasteiger partial charge is 0.410 e. The number of anilines is 1. The Balaban J connectivity index is 1.07. The fourth-order valence-corrected chi connectivity index (χ4v) is 6.93. The van der Waals surface area contributed by atoms with Gasteiger partial charge in [-0.1, -0.05) is 11.6 Å². The summed E-state index contributed by atoms with van der Waals surface area (Å²) in [6, 6.07) is 9.80. The molecule has 4 bridgehead atoms. The zero-order chi connectivity index (χ0) is 21.2. The molecule has 164 valence electrons. The number of hydrogen-bond donors (Lipinski definition) is 2. The number of likely N-dealkylation sites (tertiary alicyclic amines) is 1. The van der Waals surface area contributed by atoms with E-state index < -0.39 is 5.60 Å². The molecule has 4 aliphatic carbocycles. The Labute approximate surface area is 186 Å². The lowest BCUT2D eigenvalue weighted by Gasteiger charge is -2.57. The second-order valence-electron chi connectivity index (χ2n) is 10.2. The van der Waals surface area contributed by atoms with E-state index in [4.69, 9.17) is 16.3 Å². The number of pyridine rings is 1. The Bertz CT molecular complexity index is 1010. The third-order valence-electron chi connectivity index (χ3n) is 7.84. The minimum absolute atomic E-state index is 0.0229. The van der Waals surface area contributed by atoms with Crippen molar-refractivity contribution in [1.82, 2.24) is 9.88 Å². The van der Waals surface area contributed by atoms with E-state index in [1.54, 1.807) is 0 Å². The van der Waals surface area contributed by atoms with Crippen LogP contribution in [0, 0.1) is 17.8 Å². The molecule has 7 heteroatoms. The molecule has 1 saturated heterocycles. The van der Waals surface area contributed by atoms with E-state index in [-0.39, 0.29) is 18.2 Å². The van der Waals surface area contributed by atoms with Crippen molar-refractivity contribution in [2.24, 2.45) is 17.8 Å². The molecule has 0 spiro atoms. The molecule has 6 nitrogen and oxygen atoms in total. The molecule has 4 saturated carbocycles. The summed E-state index contributed by atoms with van der Waals surface area (Å²) in [7, 11) is 0. The number of benzene rings is 1. The van der Waals surface area contributed by atoms with Gasteiger partial charge in [0.15, 0.2) is 0 Å². The number of fused-ring (bicyclic) bond motifs is 1. The molecule has 7 rings (SSSR count). The second-order valence-corrected chi connectivity index (χ2v) is 10.6. The number of ether oxygens (including phenoxy) is 1. The Kier molecular flexibility index (Phi) is 4.58. The molecule has 0 radical (unpaired) electrons. The molecule has 6 atom stereocenters. The number of hydrogen-bond acceptors (Lipinski definition) is 5. The van der Waals surface area contributed by atoms with Crippen LogP contribution in [0.15, 0.2) is 30.3 Å². The predicted octanol–water partition coefficient (Wildman–Crippen LogP) is 4.45. The van der Waals surface area contributed by atoms with Crippen molar-refractivity contribution in [3.05, 3.63) is 35.4 Å². The highest BCUT2D eigenvalue weighted by molar-refractivity contribution is 6.31. The van der Waals surface area contributed by atoms with E-state index in [9.17, 15) is 9.90 Å². The standard InChI is InChI=1S/C24H28ClN3O3/c25-18-2-3-20-15(9-18)1-4-21(27-20)26-19-5-6-28(13-19)23(29)31-22-16-7-14-8-17(22)12-24(30,10-14)11-16/h1-4,9,14,16-17,19,22,30H,5-8,10-13H2,(H,26,27)/t14?,16-,17?,19?,22?,24?/m1/s1. The molecule has 31 heavy (non-hydrogen) atoms. The molecular formula is C24H28ClN3O3. The van der Waals surface area contributed by atoms with Gasteiger partial charge in [-0.2, -0.15) is 0 Å². The first-order chi connectivity index (χ1) is 14.9. The van der Waals surface area contributed by atoms with E-state index in [2.05, 4.69) is 10.3 Å². The lowest BCUT2D eigenvalue weighted by Crippen LogP contribution is -2.58. The zero-order valence-corrected chi connectivity index (χ0v) is 18.2. The molecule has 1 aromatic carbocycles. The summed E-state index contributed by atoms with van der Waals surface area (Å²) < 4.78 is 6.04. The van der Waals surface area contributed by atoms with Gasteiger partial charge in [0.25, 0.3) is 0 Å². The van der Waals surface area contributed by atoms with Crippen molar-refractivity contribution in [3.63, 3.8) is 0 Å². The first kappa shape index (κ1) is 19.6. The van der Waals surface area contributed by atoms with Gasteiger partial charge in [0.1, 0.15) is 11.9 Å². The van der Waals surface area contributed by atoms with Crippen molar-refractivity contribution in [2.75, 3.05) is 18.4 Å². The van der Waals surface area contributed by atoms with E-state index in [0.717, 1.165) is 55.2 Å². The number of halogens is 1. The number of aliphatic hydroxyl groups is 1. The Morgan fingerprint density at radius 2 is 2.00 bits per heavy atom. The van der Waals surface area contributed by atoms with Gasteiger partial charge in [0, 0.05) is 29.5 Å². The van der Waals surface area contributed by atoms with E-state index in [1.165, 1.54) is 0 Å². The summed E-state index contributed by atoms with van der Waals surface area (Å²) in [5.74, 6) is 2.08. The quantitative estimate of drug-likeness (QED) is 0.736. The minimum Gasteiger partial charge on any atom is -0.446 e.